The number of rotatable bonds is 8. The summed E-state index contributed by atoms with van der Waals surface area (Å²) in [5.41, 5.74) is 0.651. The summed E-state index contributed by atoms with van der Waals surface area (Å²) in [5.74, 6) is -1.29. The van der Waals surface area contributed by atoms with E-state index in [1.54, 1.807) is 19.1 Å². The van der Waals surface area contributed by atoms with Gasteiger partial charge >= 0.3 is 5.97 Å². The van der Waals surface area contributed by atoms with E-state index in [1.165, 1.54) is 12.1 Å². The summed E-state index contributed by atoms with van der Waals surface area (Å²) in [6.07, 6.45) is -0.0627. The molecule has 1 aromatic rings. The first-order chi connectivity index (χ1) is 9.85. The fourth-order valence-corrected chi connectivity index (χ4v) is 2.66. The number of sulfonamides is 1. The number of carbonyl (C=O) groups is 2. The first kappa shape index (κ1) is 17.1. The van der Waals surface area contributed by atoms with E-state index in [9.17, 15) is 18.0 Å². The summed E-state index contributed by atoms with van der Waals surface area (Å²) in [4.78, 5) is 22.0. The number of carbonyl (C=O) groups excluding carboxylic acids is 1. The van der Waals surface area contributed by atoms with Gasteiger partial charge in [-0.15, -0.1) is 0 Å². The van der Waals surface area contributed by atoms with E-state index in [0.717, 1.165) is 0 Å². The number of hydrogen-bond donors (Lipinski definition) is 3. The van der Waals surface area contributed by atoms with Crippen LogP contribution >= 0.6 is 0 Å². The topological polar surface area (TPSA) is 113 Å². The van der Waals surface area contributed by atoms with Crippen molar-refractivity contribution in [3.8, 4) is 0 Å². The molecule has 0 fully saturated rings. The number of carboxylic acids is 1. The average molecular weight is 314 g/mol. The molecule has 7 nitrogen and oxygen atoms in total. The van der Waals surface area contributed by atoms with E-state index >= 15 is 0 Å². The van der Waals surface area contributed by atoms with E-state index < -0.39 is 16.0 Å². The van der Waals surface area contributed by atoms with E-state index in [2.05, 4.69) is 10.0 Å². The zero-order chi connectivity index (χ0) is 15.9. The molecule has 116 valence electrons. The minimum atomic E-state index is -3.50. The van der Waals surface area contributed by atoms with E-state index in [1.807, 2.05) is 0 Å². The van der Waals surface area contributed by atoms with Crippen LogP contribution in [0.3, 0.4) is 0 Å². The zero-order valence-electron chi connectivity index (χ0n) is 11.6. The van der Waals surface area contributed by atoms with Crippen LogP contribution in [-0.2, 0) is 26.0 Å². The lowest BCUT2D eigenvalue weighted by Crippen LogP contribution is -2.27. The summed E-state index contributed by atoms with van der Waals surface area (Å²) in [6, 6.07) is 5.97. The molecule has 1 aromatic carbocycles. The lowest BCUT2D eigenvalue weighted by atomic mass is 10.1. The smallest absolute Gasteiger partial charge is 0.305 e. The standard InChI is InChI=1S/C13H18N2O5S/c1-2-15-21(19,20)11-5-3-10(4-6-11)9-12(16)14-8-7-13(17)18/h3-6,15H,2,7-9H2,1H3,(H,14,16)(H,17,18). The number of aliphatic carboxylic acids is 1. The molecule has 3 N–H and O–H groups in total. The maximum atomic E-state index is 11.7. The van der Waals surface area contributed by atoms with Gasteiger partial charge < -0.3 is 10.4 Å². The van der Waals surface area contributed by atoms with Crippen LogP contribution in [-0.4, -0.2) is 38.5 Å². The number of benzene rings is 1. The largest absolute Gasteiger partial charge is 0.481 e. The number of hydrogen-bond acceptors (Lipinski definition) is 4. The van der Waals surface area contributed by atoms with Crippen molar-refractivity contribution in [2.75, 3.05) is 13.1 Å². The maximum Gasteiger partial charge on any atom is 0.305 e. The maximum absolute atomic E-state index is 11.7. The SMILES string of the molecule is CCNS(=O)(=O)c1ccc(CC(=O)NCCC(=O)O)cc1. The minimum absolute atomic E-state index is 0.0705. The lowest BCUT2D eigenvalue weighted by molar-refractivity contribution is -0.136. The molecule has 0 aromatic heterocycles. The second-order valence-corrected chi connectivity index (χ2v) is 6.08. The van der Waals surface area contributed by atoms with E-state index in [0.29, 0.717) is 12.1 Å². The van der Waals surface area contributed by atoms with Gasteiger partial charge in [-0.3, -0.25) is 9.59 Å². The molecule has 0 radical (unpaired) electrons. The highest BCUT2D eigenvalue weighted by molar-refractivity contribution is 7.89. The normalized spacial score (nSPS) is 11.1. The Hall–Kier alpha value is -1.93. The predicted molar refractivity (Wildman–Crippen MR) is 76.3 cm³/mol. The molecule has 0 aliphatic heterocycles. The number of nitrogens with one attached hydrogen (secondary N) is 2. The molecular formula is C13H18N2O5S. The molecule has 0 unspecified atom stereocenters. The zero-order valence-corrected chi connectivity index (χ0v) is 12.4. The highest BCUT2D eigenvalue weighted by Crippen LogP contribution is 2.10. The predicted octanol–water partition coefficient (Wildman–Crippen LogP) is 0.118. The molecule has 8 heteroatoms. The number of carboxylic acid groups (broad SMARTS) is 1. The lowest BCUT2D eigenvalue weighted by Gasteiger charge is -2.06. The molecule has 0 aliphatic carbocycles. The Morgan fingerprint density at radius 1 is 1.19 bits per heavy atom. The molecule has 21 heavy (non-hydrogen) atoms. The fraction of sp³-hybridized carbons (Fsp3) is 0.385. The van der Waals surface area contributed by atoms with Crippen molar-refractivity contribution in [1.29, 1.82) is 0 Å². The van der Waals surface area contributed by atoms with Gasteiger partial charge in [-0.2, -0.15) is 0 Å². The van der Waals surface area contributed by atoms with Crippen LogP contribution in [0.25, 0.3) is 0 Å². The van der Waals surface area contributed by atoms with Crippen LogP contribution in [0.1, 0.15) is 18.9 Å². The van der Waals surface area contributed by atoms with Crippen LogP contribution < -0.4 is 10.0 Å². The molecule has 0 bridgehead atoms. The number of amides is 1. The summed E-state index contributed by atoms with van der Waals surface area (Å²) in [5, 5.41) is 10.9. The minimum Gasteiger partial charge on any atom is -0.481 e. The Bertz CT molecular complexity index is 595. The molecule has 1 amide bonds. The van der Waals surface area contributed by atoms with Gasteiger partial charge in [0.2, 0.25) is 15.9 Å². The summed E-state index contributed by atoms with van der Waals surface area (Å²) >= 11 is 0. The van der Waals surface area contributed by atoms with Crippen LogP contribution in [0, 0.1) is 0 Å². The molecule has 0 heterocycles. The van der Waals surface area contributed by atoms with E-state index in [4.69, 9.17) is 5.11 Å². The van der Waals surface area contributed by atoms with Gasteiger partial charge in [0.15, 0.2) is 0 Å². The van der Waals surface area contributed by atoms with Crippen LogP contribution in [0.2, 0.25) is 0 Å². The Kier molecular flexibility index (Phi) is 6.32. The molecule has 0 atom stereocenters. The third kappa shape index (κ3) is 5.92. The first-order valence-corrected chi connectivity index (χ1v) is 7.90. The molecule has 1 rings (SSSR count). The Morgan fingerprint density at radius 2 is 1.81 bits per heavy atom. The van der Waals surface area contributed by atoms with Crippen molar-refractivity contribution in [2.24, 2.45) is 0 Å². The summed E-state index contributed by atoms with van der Waals surface area (Å²) < 4.78 is 25.8. The third-order valence-corrected chi connectivity index (χ3v) is 4.16. The van der Waals surface area contributed by atoms with Gasteiger partial charge in [0, 0.05) is 13.1 Å². The van der Waals surface area contributed by atoms with Crippen LogP contribution in [0.5, 0.6) is 0 Å². The molecule has 0 aliphatic rings. The second kappa shape index (κ2) is 7.75. The Balaban J connectivity index is 2.59. The van der Waals surface area contributed by atoms with Gasteiger partial charge in [-0.1, -0.05) is 19.1 Å². The van der Waals surface area contributed by atoms with Gasteiger partial charge in [0.1, 0.15) is 0 Å². The second-order valence-electron chi connectivity index (χ2n) is 4.32. The molecule has 0 saturated heterocycles. The molecule has 0 saturated carbocycles. The van der Waals surface area contributed by atoms with Crippen LogP contribution in [0.15, 0.2) is 29.2 Å². The first-order valence-electron chi connectivity index (χ1n) is 6.42. The highest BCUT2D eigenvalue weighted by Gasteiger charge is 2.12. The fourth-order valence-electron chi connectivity index (χ4n) is 1.62. The van der Waals surface area contributed by atoms with Crippen molar-refractivity contribution in [3.05, 3.63) is 29.8 Å². The van der Waals surface area contributed by atoms with Crippen molar-refractivity contribution in [1.82, 2.24) is 10.0 Å². The van der Waals surface area contributed by atoms with Gasteiger partial charge in [-0.05, 0) is 17.7 Å². The van der Waals surface area contributed by atoms with E-state index in [-0.39, 0.29) is 30.2 Å². The van der Waals surface area contributed by atoms with Crippen LogP contribution in [0.4, 0.5) is 0 Å². The van der Waals surface area contributed by atoms with Crippen molar-refractivity contribution < 1.29 is 23.1 Å². The highest BCUT2D eigenvalue weighted by atomic mass is 32.2. The Labute approximate surface area is 123 Å². The summed E-state index contributed by atoms with van der Waals surface area (Å²) in [7, 11) is -3.50. The Morgan fingerprint density at radius 3 is 2.33 bits per heavy atom. The van der Waals surface area contributed by atoms with Gasteiger partial charge in [-0.25, -0.2) is 13.1 Å². The third-order valence-electron chi connectivity index (χ3n) is 2.59. The van der Waals surface area contributed by atoms with Crippen molar-refractivity contribution in [2.45, 2.75) is 24.7 Å². The molecular weight excluding hydrogens is 296 g/mol. The quantitative estimate of drug-likeness (QED) is 0.631. The van der Waals surface area contributed by atoms with Crippen molar-refractivity contribution in [3.63, 3.8) is 0 Å². The summed E-state index contributed by atoms with van der Waals surface area (Å²) in [6.45, 7) is 2.06. The van der Waals surface area contributed by atoms with Crippen molar-refractivity contribution >= 4 is 21.9 Å². The van der Waals surface area contributed by atoms with Gasteiger partial charge in [0.25, 0.3) is 0 Å². The van der Waals surface area contributed by atoms with Gasteiger partial charge in [0.05, 0.1) is 17.7 Å². The molecule has 0 spiro atoms. The average Bonchev–Trinajstić information content (AvgIpc) is 2.38. The monoisotopic (exact) mass is 314 g/mol.